The van der Waals surface area contributed by atoms with Gasteiger partial charge in [0.25, 0.3) is 5.91 Å². The monoisotopic (exact) mass is 449 g/mol. The lowest BCUT2D eigenvalue weighted by atomic mass is 10.0. The van der Waals surface area contributed by atoms with Crippen LogP contribution in [0.1, 0.15) is 10.4 Å². The number of phenols is 1. The van der Waals surface area contributed by atoms with E-state index in [9.17, 15) is 14.7 Å². The fourth-order valence-corrected chi connectivity index (χ4v) is 3.60. The van der Waals surface area contributed by atoms with E-state index in [1.54, 1.807) is 18.2 Å². The number of nitrogens with one attached hydrogen (secondary N) is 1. The minimum atomic E-state index is -0.823. The van der Waals surface area contributed by atoms with Gasteiger partial charge in [0, 0.05) is 11.1 Å². The Morgan fingerprint density at radius 2 is 1.50 bits per heavy atom. The lowest BCUT2D eigenvalue weighted by Crippen LogP contribution is -2.20. The summed E-state index contributed by atoms with van der Waals surface area (Å²) in [5, 5.41) is 13.1. The average molecular weight is 449 g/mol. The molecule has 1 amide bonds. The lowest BCUT2D eigenvalue weighted by Gasteiger charge is -2.09. The molecule has 166 valence electrons. The van der Waals surface area contributed by atoms with Crippen molar-refractivity contribution >= 4 is 22.6 Å². The highest BCUT2D eigenvalue weighted by atomic mass is 16.5. The van der Waals surface area contributed by atoms with E-state index in [4.69, 9.17) is 9.15 Å². The summed E-state index contributed by atoms with van der Waals surface area (Å²) in [4.78, 5) is 25.1. The summed E-state index contributed by atoms with van der Waals surface area (Å²) in [6, 6.07) is 30.5. The summed E-state index contributed by atoms with van der Waals surface area (Å²) < 4.78 is 11.0. The first-order valence-electron chi connectivity index (χ1n) is 10.6. The molecular formula is C28H19NO5. The second-order valence-corrected chi connectivity index (χ2v) is 7.62. The predicted octanol–water partition coefficient (Wildman–Crippen LogP) is 6.21. The van der Waals surface area contributed by atoms with Gasteiger partial charge in [-0.15, -0.1) is 0 Å². The summed E-state index contributed by atoms with van der Waals surface area (Å²) in [5.74, 6) is 0.721. The van der Waals surface area contributed by atoms with E-state index in [-0.39, 0.29) is 16.9 Å². The molecule has 0 radical (unpaired) electrons. The molecule has 0 saturated heterocycles. The topological polar surface area (TPSA) is 88.8 Å². The molecule has 34 heavy (non-hydrogen) atoms. The van der Waals surface area contributed by atoms with Crippen LogP contribution in [-0.2, 0) is 0 Å². The van der Waals surface area contributed by atoms with Crippen LogP contribution < -0.4 is 15.7 Å². The van der Waals surface area contributed by atoms with Crippen LogP contribution in [-0.4, -0.2) is 11.0 Å². The van der Waals surface area contributed by atoms with Gasteiger partial charge < -0.3 is 19.6 Å². The number of anilines is 1. The highest BCUT2D eigenvalue weighted by Crippen LogP contribution is 2.28. The number of hydrogen-bond donors (Lipinski definition) is 2. The van der Waals surface area contributed by atoms with Gasteiger partial charge in [-0.2, -0.15) is 0 Å². The maximum Gasteiger partial charge on any atom is 0.349 e. The lowest BCUT2D eigenvalue weighted by molar-refractivity contribution is 0.102. The molecular weight excluding hydrogens is 430 g/mol. The number of para-hydroxylation sites is 2. The molecule has 0 fully saturated rings. The van der Waals surface area contributed by atoms with Crippen molar-refractivity contribution in [1.29, 1.82) is 0 Å². The Labute approximate surface area is 194 Å². The van der Waals surface area contributed by atoms with Gasteiger partial charge in [-0.05, 0) is 59.7 Å². The van der Waals surface area contributed by atoms with Gasteiger partial charge in [0.05, 0.1) is 0 Å². The molecule has 5 aromatic rings. The van der Waals surface area contributed by atoms with Crippen molar-refractivity contribution in [2.24, 2.45) is 0 Å². The van der Waals surface area contributed by atoms with Crippen LogP contribution in [0.2, 0.25) is 0 Å². The second-order valence-electron chi connectivity index (χ2n) is 7.62. The third-order valence-electron chi connectivity index (χ3n) is 5.27. The van der Waals surface area contributed by atoms with E-state index in [2.05, 4.69) is 5.32 Å². The van der Waals surface area contributed by atoms with Crippen molar-refractivity contribution < 1.29 is 19.1 Å². The van der Waals surface area contributed by atoms with Crippen molar-refractivity contribution in [1.82, 2.24) is 0 Å². The van der Waals surface area contributed by atoms with Crippen LogP contribution in [0.5, 0.6) is 17.2 Å². The van der Waals surface area contributed by atoms with Crippen molar-refractivity contribution in [3.05, 3.63) is 119 Å². The zero-order valence-electron chi connectivity index (χ0n) is 17.9. The third-order valence-corrected chi connectivity index (χ3v) is 5.27. The standard InChI is InChI=1S/C28H19NO5/c30-25-11-5-7-20-17-24(28(32)34-26(20)25)27(31)29-21-8-4-6-19(16-21)18-12-14-23(15-13-18)33-22-9-2-1-3-10-22/h1-17,30H,(H,29,31). The summed E-state index contributed by atoms with van der Waals surface area (Å²) in [6.45, 7) is 0. The summed E-state index contributed by atoms with van der Waals surface area (Å²) in [6.07, 6.45) is 0. The van der Waals surface area contributed by atoms with Gasteiger partial charge in [-0.3, -0.25) is 4.79 Å². The van der Waals surface area contributed by atoms with Crippen LogP contribution in [0, 0.1) is 0 Å². The van der Waals surface area contributed by atoms with Crippen molar-refractivity contribution in [2.75, 3.05) is 5.32 Å². The number of benzene rings is 4. The molecule has 4 aromatic carbocycles. The Hall–Kier alpha value is -4.84. The van der Waals surface area contributed by atoms with E-state index in [1.807, 2.05) is 72.8 Å². The highest BCUT2D eigenvalue weighted by molar-refractivity contribution is 6.05. The van der Waals surface area contributed by atoms with Gasteiger partial charge in [0.15, 0.2) is 11.3 Å². The molecule has 0 unspecified atom stereocenters. The number of carbonyl (C=O) groups excluding carboxylic acids is 1. The first-order chi connectivity index (χ1) is 16.6. The highest BCUT2D eigenvalue weighted by Gasteiger charge is 2.15. The SMILES string of the molecule is O=C(Nc1cccc(-c2ccc(Oc3ccccc3)cc2)c1)c1cc2cccc(O)c2oc1=O. The van der Waals surface area contributed by atoms with Crippen molar-refractivity contribution in [2.45, 2.75) is 0 Å². The fraction of sp³-hybridized carbons (Fsp3) is 0. The van der Waals surface area contributed by atoms with Crippen LogP contribution in [0.3, 0.4) is 0 Å². The summed E-state index contributed by atoms with van der Waals surface area (Å²) >= 11 is 0. The number of phenolic OH excluding ortho intramolecular Hbond substituents is 1. The molecule has 2 N–H and O–H groups in total. The van der Waals surface area contributed by atoms with Crippen molar-refractivity contribution in [3.63, 3.8) is 0 Å². The van der Waals surface area contributed by atoms with E-state index < -0.39 is 11.5 Å². The van der Waals surface area contributed by atoms with Crippen LogP contribution >= 0.6 is 0 Å². The van der Waals surface area contributed by atoms with E-state index in [0.29, 0.717) is 16.8 Å². The van der Waals surface area contributed by atoms with Gasteiger partial charge in [0.1, 0.15) is 17.1 Å². The molecule has 6 nitrogen and oxygen atoms in total. The van der Waals surface area contributed by atoms with Crippen molar-refractivity contribution in [3.8, 4) is 28.4 Å². The first-order valence-corrected chi connectivity index (χ1v) is 10.6. The molecule has 0 atom stereocenters. The largest absolute Gasteiger partial charge is 0.504 e. The van der Waals surface area contributed by atoms with Crippen LogP contribution in [0.25, 0.3) is 22.1 Å². The van der Waals surface area contributed by atoms with Crippen LogP contribution in [0.15, 0.2) is 112 Å². The number of rotatable bonds is 5. The second kappa shape index (κ2) is 8.96. The Balaban J connectivity index is 1.35. The number of fused-ring (bicyclic) bond motifs is 1. The van der Waals surface area contributed by atoms with Gasteiger partial charge in [-0.1, -0.05) is 54.6 Å². The normalized spacial score (nSPS) is 10.7. The Bertz CT molecular complexity index is 1540. The van der Waals surface area contributed by atoms with Gasteiger partial charge >= 0.3 is 5.63 Å². The zero-order valence-corrected chi connectivity index (χ0v) is 17.9. The smallest absolute Gasteiger partial charge is 0.349 e. The zero-order chi connectivity index (χ0) is 23.5. The minimum Gasteiger partial charge on any atom is -0.504 e. The van der Waals surface area contributed by atoms with Crippen LogP contribution in [0.4, 0.5) is 5.69 Å². The van der Waals surface area contributed by atoms with E-state index in [1.165, 1.54) is 12.1 Å². The number of hydrogen-bond acceptors (Lipinski definition) is 5. The third kappa shape index (κ3) is 4.38. The molecule has 1 aromatic heterocycles. The van der Waals surface area contributed by atoms with E-state index >= 15 is 0 Å². The molecule has 0 aliphatic rings. The Morgan fingerprint density at radius 1 is 0.765 bits per heavy atom. The molecule has 0 spiro atoms. The molecule has 0 saturated carbocycles. The van der Waals surface area contributed by atoms with Gasteiger partial charge in [-0.25, -0.2) is 4.79 Å². The number of carbonyl (C=O) groups is 1. The molecule has 1 heterocycles. The summed E-state index contributed by atoms with van der Waals surface area (Å²) in [5.41, 5.74) is 1.44. The maximum absolute atomic E-state index is 12.8. The molecule has 0 bridgehead atoms. The minimum absolute atomic E-state index is 0.0470. The average Bonchev–Trinajstić information content (AvgIpc) is 2.85. The maximum atomic E-state index is 12.8. The molecule has 0 aliphatic carbocycles. The van der Waals surface area contributed by atoms with E-state index in [0.717, 1.165) is 16.9 Å². The number of aromatic hydroxyl groups is 1. The molecule has 5 rings (SSSR count). The number of amides is 1. The molecule has 6 heteroatoms. The molecule has 0 aliphatic heterocycles. The Kier molecular flexibility index (Phi) is 5.54. The number of ether oxygens (including phenoxy) is 1. The summed E-state index contributed by atoms with van der Waals surface area (Å²) in [7, 11) is 0. The predicted molar refractivity (Wildman–Crippen MR) is 130 cm³/mol. The van der Waals surface area contributed by atoms with Gasteiger partial charge in [0.2, 0.25) is 0 Å². The fourth-order valence-electron chi connectivity index (χ4n) is 3.60. The quantitative estimate of drug-likeness (QED) is 0.311. The first kappa shape index (κ1) is 21.0. The Morgan fingerprint density at radius 3 is 2.29 bits per heavy atom.